The van der Waals surface area contributed by atoms with Gasteiger partial charge in [0.25, 0.3) is 0 Å². The molecule has 0 fully saturated rings. The first kappa shape index (κ1) is 27.4. The number of unbranched alkanes of at least 4 members (excludes halogenated alkanes) is 13. The maximum Gasteiger partial charge on any atom is 0.103 e. The molecule has 1 aliphatic heterocycles. The van der Waals surface area contributed by atoms with Crippen molar-refractivity contribution in [3.05, 3.63) is 51.4 Å². The van der Waals surface area contributed by atoms with E-state index in [4.69, 9.17) is 28.8 Å². The second-order valence-electron chi connectivity index (χ2n) is 9.49. The van der Waals surface area contributed by atoms with E-state index in [9.17, 15) is 0 Å². The Labute approximate surface area is 221 Å². The minimum absolute atomic E-state index is 0.506. The number of benzene rings is 1. The number of nitrogens with one attached hydrogen (secondary N) is 1. The van der Waals surface area contributed by atoms with Crippen molar-refractivity contribution < 1.29 is 0 Å². The first-order chi connectivity index (χ1) is 16.7. The molecule has 0 amide bonds. The first-order valence-corrected chi connectivity index (χ1v) is 15.0. The van der Waals surface area contributed by atoms with Crippen LogP contribution in [0.1, 0.15) is 113 Å². The second-order valence-corrected chi connectivity index (χ2v) is 11.5. The zero-order valence-electron chi connectivity index (χ0n) is 20.8. The zero-order chi connectivity index (χ0) is 24.0. The van der Waals surface area contributed by atoms with Crippen molar-refractivity contribution in [1.29, 1.82) is 0 Å². The summed E-state index contributed by atoms with van der Waals surface area (Å²) in [6.45, 7) is 2.79. The number of thiocarbonyl (C=S) groups is 1. The third-order valence-corrected chi connectivity index (χ3v) is 8.25. The zero-order valence-corrected chi connectivity index (χ0v) is 23.2. The van der Waals surface area contributed by atoms with Crippen LogP contribution in [0.5, 0.6) is 0 Å². The highest BCUT2D eigenvalue weighted by Crippen LogP contribution is 2.34. The minimum Gasteiger partial charge on any atom is -0.340 e. The smallest absolute Gasteiger partial charge is 0.103 e. The van der Waals surface area contributed by atoms with Crippen LogP contribution in [0.2, 0.25) is 5.02 Å². The number of rotatable bonds is 16. The normalized spacial score (nSPS) is 13.4. The summed E-state index contributed by atoms with van der Waals surface area (Å²) in [6, 6.07) is 10.2. The Morgan fingerprint density at radius 2 is 1.44 bits per heavy atom. The first-order valence-electron chi connectivity index (χ1n) is 13.4. The molecule has 1 aromatic carbocycles. The van der Waals surface area contributed by atoms with Crippen molar-refractivity contribution >= 4 is 50.9 Å². The molecule has 2 heterocycles. The SMILES string of the molecule is CCCCCCCCCCCCCCCCc1cc2c(s1)NC(=S)CN=C2c1ccccc1Cl. The number of nitrogens with zero attached hydrogens (tertiary/aromatic N) is 1. The van der Waals surface area contributed by atoms with Crippen molar-refractivity contribution in [3.8, 4) is 0 Å². The van der Waals surface area contributed by atoms with E-state index in [-0.39, 0.29) is 0 Å². The van der Waals surface area contributed by atoms with Crippen LogP contribution in [-0.4, -0.2) is 17.2 Å². The fourth-order valence-electron chi connectivity index (χ4n) is 4.61. The third-order valence-electron chi connectivity index (χ3n) is 6.58. The highest BCUT2D eigenvalue weighted by atomic mass is 35.5. The van der Waals surface area contributed by atoms with Gasteiger partial charge >= 0.3 is 0 Å². The van der Waals surface area contributed by atoms with Gasteiger partial charge in [0.15, 0.2) is 0 Å². The lowest BCUT2D eigenvalue weighted by molar-refractivity contribution is 0.536. The molecule has 0 saturated heterocycles. The molecular formula is C29H41ClN2S2. The Kier molecular flexibility index (Phi) is 12.6. The van der Waals surface area contributed by atoms with Crippen LogP contribution in [0.15, 0.2) is 35.3 Å². The Balaban J connectivity index is 1.35. The van der Waals surface area contributed by atoms with Gasteiger partial charge in [0, 0.05) is 21.0 Å². The summed E-state index contributed by atoms with van der Waals surface area (Å²) in [5, 5.41) is 5.25. The molecule has 1 N–H and O–H groups in total. The monoisotopic (exact) mass is 516 g/mol. The molecule has 5 heteroatoms. The van der Waals surface area contributed by atoms with Crippen LogP contribution >= 0.6 is 35.2 Å². The number of aryl methyl sites for hydroxylation is 1. The fourth-order valence-corrected chi connectivity index (χ4v) is 6.20. The average molecular weight is 517 g/mol. The largest absolute Gasteiger partial charge is 0.340 e. The van der Waals surface area contributed by atoms with Crippen LogP contribution in [0.3, 0.4) is 0 Å². The van der Waals surface area contributed by atoms with E-state index < -0.39 is 0 Å². The number of anilines is 1. The Bertz CT molecular complexity index is 919. The summed E-state index contributed by atoms with van der Waals surface area (Å²) in [5.41, 5.74) is 3.08. The van der Waals surface area contributed by atoms with Crippen LogP contribution in [0, 0.1) is 0 Å². The van der Waals surface area contributed by atoms with Gasteiger partial charge in [-0.3, -0.25) is 4.99 Å². The Morgan fingerprint density at radius 1 is 0.853 bits per heavy atom. The molecule has 0 aliphatic carbocycles. The standard InChI is InChI=1S/C29H41ClN2S2/c1-2-3-4-5-6-7-8-9-10-11-12-13-14-15-18-23-21-25-28(24-19-16-17-20-26(24)30)31-22-27(33)32-29(25)34-23/h16-17,19-21H,2-15,18,22H2,1H3,(H,32,33). The summed E-state index contributed by atoms with van der Waals surface area (Å²) < 4.78 is 0. The van der Waals surface area contributed by atoms with Crippen molar-refractivity contribution in [3.63, 3.8) is 0 Å². The van der Waals surface area contributed by atoms with Gasteiger partial charge in [-0.2, -0.15) is 0 Å². The van der Waals surface area contributed by atoms with Gasteiger partial charge in [-0.05, 0) is 25.0 Å². The second kappa shape index (κ2) is 15.7. The van der Waals surface area contributed by atoms with E-state index in [1.807, 2.05) is 35.6 Å². The molecule has 3 rings (SSSR count). The van der Waals surface area contributed by atoms with Gasteiger partial charge in [-0.15, -0.1) is 11.3 Å². The van der Waals surface area contributed by atoms with E-state index in [2.05, 4.69) is 18.3 Å². The van der Waals surface area contributed by atoms with Gasteiger partial charge in [0.1, 0.15) is 9.99 Å². The quantitative estimate of drug-likeness (QED) is 0.177. The highest BCUT2D eigenvalue weighted by molar-refractivity contribution is 7.80. The number of halogens is 1. The molecule has 1 aliphatic rings. The van der Waals surface area contributed by atoms with E-state index in [0.717, 1.165) is 38.3 Å². The summed E-state index contributed by atoms with van der Waals surface area (Å²) in [6.07, 6.45) is 20.6. The van der Waals surface area contributed by atoms with Gasteiger partial charge in [-0.25, -0.2) is 0 Å². The molecule has 0 unspecified atom stereocenters. The van der Waals surface area contributed by atoms with Crippen LogP contribution in [-0.2, 0) is 6.42 Å². The maximum absolute atomic E-state index is 6.49. The highest BCUT2D eigenvalue weighted by Gasteiger charge is 2.21. The average Bonchev–Trinajstić information content (AvgIpc) is 3.15. The van der Waals surface area contributed by atoms with E-state index in [0.29, 0.717) is 6.54 Å². The number of hydrogen-bond acceptors (Lipinski definition) is 3. The summed E-state index contributed by atoms with van der Waals surface area (Å²) in [7, 11) is 0. The maximum atomic E-state index is 6.49. The minimum atomic E-state index is 0.506. The predicted molar refractivity (Wildman–Crippen MR) is 157 cm³/mol. The van der Waals surface area contributed by atoms with Crippen LogP contribution < -0.4 is 5.32 Å². The van der Waals surface area contributed by atoms with Gasteiger partial charge in [0.2, 0.25) is 0 Å². The molecule has 0 spiro atoms. The van der Waals surface area contributed by atoms with Gasteiger partial charge in [-0.1, -0.05) is 132 Å². The molecule has 186 valence electrons. The van der Waals surface area contributed by atoms with E-state index in [1.54, 1.807) is 0 Å². The summed E-state index contributed by atoms with van der Waals surface area (Å²) in [4.78, 5) is 6.97. The molecule has 2 nitrogen and oxygen atoms in total. The fraction of sp³-hybridized carbons (Fsp3) is 0.586. The molecule has 0 atom stereocenters. The third kappa shape index (κ3) is 9.09. The topological polar surface area (TPSA) is 24.4 Å². The van der Waals surface area contributed by atoms with Gasteiger partial charge in [0.05, 0.1) is 12.3 Å². The number of fused-ring (bicyclic) bond motifs is 1. The van der Waals surface area contributed by atoms with E-state index in [1.165, 1.54) is 94.8 Å². The lowest BCUT2D eigenvalue weighted by Crippen LogP contribution is -2.09. The van der Waals surface area contributed by atoms with Crippen molar-refractivity contribution in [2.75, 3.05) is 11.9 Å². The van der Waals surface area contributed by atoms with Crippen LogP contribution in [0.4, 0.5) is 5.00 Å². The number of thiophene rings is 1. The predicted octanol–water partition coefficient (Wildman–Crippen LogP) is 10.0. The molecular weight excluding hydrogens is 476 g/mol. The van der Waals surface area contributed by atoms with Crippen molar-refractivity contribution in [2.24, 2.45) is 4.99 Å². The Hall–Kier alpha value is -1.23. The molecule has 0 radical (unpaired) electrons. The molecule has 0 saturated carbocycles. The molecule has 0 bridgehead atoms. The number of aliphatic imine (C=N–C) groups is 1. The lowest BCUT2D eigenvalue weighted by Gasteiger charge is -2.07. The molecule has 34 heavy (non-hydrogen) atoms. The molecule has 1 aromatic heterocycles. The Morgan fingerprint density at radius 3 is 2.06 bits per heavy atom. The van der Waals surface area contributed by atoms with Crippen molar-refractivity contribution in [1.82, 2.24) is 0 Å². The van der Waals surface area contributed by atoms with Crippen LogP contribution in [0.25, 0.3) is 0 Å². The van der Waals surface area contributed by atoms with Gasteiger partial charge < -0.3 is 5.32 Å². The van der Waals surface area contributed by atoms with Crippen molar-refractivity contribution in [2.45, 2.75) is 103 Å². The molecule has 2 aromatic rings. The number of hydrogen-bond donors (Lipinski definition) is 1. The lowest BCUT2D eigenvalue weighted by atomic mass is 10.0. The summed E-state index contributed by atoms with van der Waals surface area (Å²) >= 11 is 13.8. The summed E-state index contributed by atoms with van der Waals surface area (Å²) in [5.74, 6) is 0. The van der Waals surface area contributed by atoms with E-state index >= 15 is 0 Å².